The van der Waals surface area contributed by atoms with E-state index in [0.717, 1.165) is 12.2 Å². The first-order chi connectivity index (χ1) is 5.70. The van der Waals surface area contributed by atoms with E-state index in [1.165, 1.54) is 14.2 Å². The summed E-state index contributed by atoms with van der Waals surface area (Å²) in [7, 11) is 2.64. The van der Waals surface area contributed by atoms with Crippen molar-refractivity contribution in [3.8, 4) is 0 Å². The van der Waals surface area contributed by atoms with E-state index in [1.807, 2.05) is 0 Å². The Morgan fingerprint density at radius 1 is 0.917 bits per heavy atom. The van der Waals surface area contributed by atoms with Crippen LogP contribution in [0.15, 0.2) is 23.7 Å². The van der Waals surface area contributed by atoms with Crippen molar-refractivity contribution in [2.75, 3.05) is 14.2 Å². The summed E-state index contributed by atoms with van der Waals surface area (Å²) in [4.78, 5) is 22.1. The van der Waals surface area contributed by atoms with Crippen molar-refractivity contribution in [1.29, 1.82) is 0 Å². The standard InChI is InChI=1S/C8H8O4/c1-11-7-5(9)3-4-6(10)8(7)12-2/h3-4H,1-2H3. The summed E-state index contributed by atoms with van der Waals surface area (Å²) in [5, 5.41) is 0. The first-order valence-corrected chi connectivity index (χ1v) is 3.29. The van der Waals surface area contributed by atoms with E-state index in [2.05, 4.69) is 0 Å². The lowest BCUT2D eigenvalue weighted by Crippen LogP contribution is -2.16. The SMILES string of the molecule is COC1=C(OC)C(=O)C=CC1=O. The molecule has 0 aromatic rings. The maximum atomic E-state index is 11.0. The molecule has 0 aromatic heterocycles. The van der Waals surface area contributed by atoms with Crippen molar-refractivity contribution in [2.24, 2.45) is 0 Å². The minimum absolute atomic E-state index is 0.0370. The molecule has 0 aromatic carbocycles. The van der Waals surface area contributed by atoms with Crippen LogP contribution in [0.5, 0.6) is 0 Å². The Hall–Kier alpha value is -1.58. The van der Waals surface area contributed by atoms with Crippen molar-refractivity contribution >= 4 is 11.6 Å². The summed E-state index contributed by atoms with van der Waals surface area (Å²) < 4.78 is 9.42. The number of hydrogen-bond donors (Lipinski definition) is 0. The fraction of sp³-hybridized carbons (Fsp3) is 0.250. The number of ether oxygens (including phenoxy) is 2. The molecule has 0 heterocycles. The number of carbonyl (C=O) groups excluding carboxylic acids is 2. The Kier molecular flexibility index (Phi) is 2.28. The van der Waals surface area contributed by atoms with Gasteiger partial charge in [-0.25, -0.2) is 0 Å². The first-order valence-electron chi connectivity index (χ1n) is 3.29. The zero-order valence-corrected chi connectivity index (χ0v) is 6.79. The van der Waals surface area contributed by atoms with Gasteiger partial charge in [-0.05, 0) is 12.2 Å². The van der Waals surface area contributed by atoms with Crippen LogP contribution in [0.25, 0.3) is 0 Å². The lowest BCUT2D eigenvalue weighted by molar-refractivity contribution is -0.119. The lowest BCUT2D eigenvalue weighted by atomic mass is 10.1. The number of methoxy groups -OCH3 is 2. The average molecular weight is 168 g/mol. The minimum Gasteiger partial charge on any atom is -0.490 e. The summed E-state index contributed by atoms with van der Waals surface area (Å²) in [6, 6.07) is 0. The largest absolute Gasteiger partial charge is 0.490 e. The third kappa shape index (κ3) is 1.23. The maximum Gasteiger partial charge on any atom is 0.224 e. The summed E-state index contributed by atoms with van der Waals surface area (Å²) >= 11 is 0. The first kappa shape index (κ1) is 8.52. The molecule has 0 aliphatic heterocycles. The normalized spacial score (nSPS) is 16.8. The van der Waals surface area contributed by atoms with Gasteiger partial charge in [-0.15, -0.1) is 0 Å². The molecule has 1 rings (SSSR count). The molecule has 4 nitrogen and oxygen atoms in total. The molecule has 12 heavy (non-hydrogen) atoms. The van der Waals surface area contributed by atoms with Crippen molar-refractivity contribution in [1.82, 2.24) is 0 Å². The fourth-order valence-corrected chi connectivity index (χ4v) is 0.913. The van der Waals surface area contributed by atoms with Crippen LogP contribution in [0.2, 0.25) is 0 Å². The number of ketones is 2. The molecule has 0 bridgehead atoms. The summed E-state index contributed by atoms with van der Waals surface area (Å²) in [5.74, 6) is -0.780. The van der Waals surface area contributed by atoms with E-state index >= 15 is 0 Å². The second kappa shape index (κ2) is 3.21. The second-order valence-corrected chi connectivity index (χ2v) is 2.13. The van der Waals surface area contributed by atoms with E-state index < -0.39 is 0 Å². The second-order valence-electron chi connectivity index (χ2n) is 2.13. The molecular formula is C8H8O4. The number of rotatable bonds is 2. The van der Waals surface area contributed by atoms with E-state index in [9.17, 15) is 9.59 Å². The Labute approximate surface area is 69.5 Å². The van der Waals surface area contributed by atoms with Crippen LogP contribution in [0.1, 0.15) is 0 Å². The average Bonchev–Trinajstić information content (AvgIpc) is 2.08. The Balaban J connectivity index is 3.11. The predicted molar refractivity (Wildman–Crippen MR) is 40.2 cm³/mol. The molecule has 0 saturated heterocycles. The molecule has 0 radical (unpaired) electrons. The highest BCUT2D eigenvalue weighted by atomic mass is 16.5. The molecule has 1 aliphatic rings. The lowest BCUT2D eigenvalue weighted by Gasteiger charge is -2.10. The van der Waals surface area contributed by atoms with Gasteiger partial charge in [0.05, 0.1) is 14.2 Å². The number of hydrogen-bond acceptors (Lipinski definition) is 4. The smallest absolute Gasteiger partial charge is 0.224 e. The molecule has 0 unspecified atom stereocenters. The third-order valence-electron chi connectivity index (χ3n) is 1.45. The number of allylic oxidation sites excluding steroid dienone is 2. The van der Waals surface area contributed by atoms with Gasteiger partial charge < -0.3 is 9.47 Å². The van der Waals surface area contributed by atoms with E-state index in [-0.39, 0.29) is 23.1 Å². The maximum absolute atomic E-state index is 11.0. The van der Waals surface area contributed by atoms with Gasteiger partial charge in [0.1, 0.15) is 0 Å². The highest BCUT2D eigenvalue weighted by Crippen LogP contribution is 2.14. The van der Waals surface area contributed by atoms with Gasteiger partial charge in [0, 0.05) is 0 Å². The van der Waals surface area contributed by atoms with Gasteiger partial charge in [0.25, 0.3) is 0 Å². The van der Waals surface area contributed by atoms with Gasteiger partial charge in [-0.2, -0.15) is 0 Å². The molecule has 0 amide bonds. The van der Waals surface area contributed by atoms with Gasteiger partial charge in [0.2, 0.25) is 23.1 Å². The van der Waals surface area contributed by atoms with Crippen LogP contribution >= 0.6 is 0 Å². The van der Waals surface area contributed by atoms with E-state index in [0.29, 0.717) is 0 Å². The zero-order valence-electron chi connectivity index (χ0n) is 6.79. The van der Waals surface area contributed by atoms with Gasteiger partial charge in [0.15, 0.2) is 0 Å². The van der Waals surface area contributed by atoms with Crippen LogP contribution in [0.3, 0.4) is 0 Å². The predicted octanol–water partition coefficient (Wildman–Crippen LogP) is 0.199. The van der Waals surface area contributed by atoms with Gasteiger partial charge in [-0.3, -0.25) is 9.59 Å². The molecule has 0 N–H and O–H groups in total. The monoisotopic (exact) mass is 168 g/mol. The Morgan fingerprint density at radius 2 is 1.25 bits per heavy atom. The van der Waals surface area contributed by atoms with Crippen molar-refractivity contribution in [2.45, 2.75) is 0 Å². The molecule has 1 aliphatic carbocycles. The Morgan fingerprint density at radius 3 is 1.50 bits per heavy atom. The molecular weight excluding hydrogens is 160 g/mol. The Bertz CT molecular complexity index is 257. The number of carbonyl (C=O) groups is 2. The highest BCUT2D eigenvalue weighted by molar-refractivity contribution is 6.18. The topological polar surface area (TPSA) is 52.6 Å². The van der Waals surface area contributed by atoms with Crippen molar-refractivity contribution in [3.63, 3.8) is 0 Å². The van der Waals surface area contributed by atoms with Crippen LogP contribution in [0.4, 0.5) is 0 Å². The quantitative estimate of drug-likeness (QED) is 0.552. The summed E-state index contributed by atoms with van der Waals surface area (Å²) in [6.07, 6.45) is 2.31. The third-order valence-corrected chi connectivity index (χ3v) is 1.45. The molecule has 0 atom stereocenters. The molecule has 0 fully saturated rings. The summed E-state index contributed by atoms with van der Waals surface area (Å²) in [6.45, 7) is 0. The minimum atomic E-state index is -0.353. The van der Waals surface area contributed by atoms with Crippen LogP contribution in [0, 0.1) is 0 Å². The van der Waals surface area contributed by atoms with E-state index in [1.54, 1.807) is 0 Å². The molecule has 0 saturated carbocycles. The fourth-order valence-electron chi connectivity index (χ4n) is 0.913. The van der Waals surface area contributed by atoms with Crippen LogP contribution in [-0.4, -0.2) is 25.8 Å². The zero-order chi connectivity index (χ0) is 9.14. The van der Waals surface area contributed by atoms with E-state index in [4.69, 9.17) is 9.47 Å². The van der Waals surface area contributed by atoms with Gasteiger partial charge >= 0.3 is 0 Å². The highest BCUT2D eigenvalue weighted by Gasteiger charge is 2.24. The van der Waals surface area contributed by atoms with Crippen LogP contribution < -0.4 is 0 Å². The van der Waals surface area contributed by atoms with Gasteiger partial charge in [-0.1, -0.05) is 0 Å². The molecule has 4 heteroatoms. The summed E-state index contributed by atoms with van der Waals surface area (Å²) in [5.41, 5.74) is 0. The van der Waals surface area contributed by atoms with Crippen molar-refractivity contribution in [3.05, 3.63) is 23.7 Å². The molecule has 0 spiro atoms. The van der Waals surface area contributed by atoms with Crippen LogP contribution in [-0.2, 0) is 19.1 Å². The molecule has 64 valence electrons. The van der Waals surface area contributed by atoms with Crippen molar-refractivity contribution < 1.29 is 19.1 Å².